The van der Waals surface area contributed by atoms with Crippen LogP contribution >= 0.6 is 0 Å². The number of unbranched alkanes of at least 4 members (excludes halogenated alkanes) is 1. The first-order valence-electron chi connectivity index (χ1n) is 8.55. The van der Waals surface area contributed by atoms with Gasteiger partial charge in [-0.1, -0.05) is 71.3 Å². The molecule has 4 heteroatoms. The Morgan fingerprint density at radius 3 is 1.83 bits per heavy atom. The molecule has 0 unspecified atom stereocenters. The minimum absolute atomic E-state index is 0. The fourth-order valence-corrected chi connectivity index (χ4v) is 1.56. The van der Waals surface area contributed by atoms with Crippen LogP contribution in [0.25, 0.3) is 16.0 Å². The molecular weight excluding hydrogens is 373 g/mol. The Hall–Kier alpha value is 0.243. The van der Waals surface area contributed by atoms with Crippen molar-refractivity contribution >= 4 is 0 Å². The predicted octanol–water partition coefficient (Wildman–Crippen LogP) is 6.68. The van der Waals surface area contributed by atoms with Gasteiger partial charge in [0.25, 0.3) is 0 Å². The molecule has 0 N–H and O–H groups in total. The third-order valence-electron chi connectivity index (χ3n) is 2.97. The van der Waals surface area contributed by atoms with Crippen LogP contribution in [0.5, 0.6) is 0 Å². The largest absolute Gasteiger partial charge is 4.00 e. The number of nitrogens with zero attached hydrogens (tertiary/aromatic N) is 3. The Balaban J connectivity index is -0.000000170. The van der Waals surface area contributed by atoms with Gasteiger partial charge in [0.15, 0.2) is 0 Å². The van der Waals surface area contributed by atoms with Gasteiger partial charge in [0.05, 0.1) is 0 Å². The predicted molar refractivity (Wildman–Crippen MR) is 110 cm³/mol. The number of allylic oxidation sites excluding steroid dienone is 4. The Morgan fingerprint density at radius 1 is 1.00 bits per heavy atom. The molecule has 1 aliphatic rings. The van der Waals surface area contributed by atoms with Gasteiger partial charge in [0.2, 0.25) is 0 Å². The Morgan fingerprint density at radius 2 is 1.50 bits per heavy atom. The normalized spacial score (nSPS) is 11.9. The Bertz CT molecular complexity index is 273. The van der Waals surface area contributed by atoms with Gasteiger partial charge in [0.1, 0.15) is 0 Å². The topological polar surface area (TPSA) is 42.3 Å². The van der Waals surface area contributed by atoms with Crippen molar-refractivity contribution in [3.05, 3.63) is 47.2 Å². The van der Waals surface area contributed by atoms with Crippen LogP contribution in [0.1, 0.15) is 60.3 Å². The molecule has 0 amide bonds. The standard InChI is InChI=1S/C13H22N.2C3H8N.CH3.Zr/c1-13(2,3)14-11-7-6-10-12-8-4-5-9-12;2*1-3-4-2;;/h4-5,8H,6-7,9-11H2,1-3H3;2*3H2,1-2H3;1H3;/q4*-1;+4. The summed E-state index contributed by atoms with van der Waals surface area (Å²) >= 11 is 0. The third kappa shape index (κ3) is 30.2. The maximum Gasteiger partial charge on any atom is 4.00 e. The first-order valence-corrected chi connectivity index (χ1v) is 8.55. The van der Waals surface area contributed by atoms with Gasteiger partial charge < -0.3 is 23.4 Å². The van der Waals surface area contributed by atoms with Crippen molar-refractivity contribution < 1.29 is 26.2 Å². The summed E-state index contributed by atoms with van der Waals surface area (Å²) in [7, 11) is 3.61. The number of rotatable bonds is 7. The molecule has 0 radical (unpaired) electrons. The van der Waals surface area contributed by atoms with E-state index in [1.165, 1.54) is 25.7 Å². The molecule has 0 atom stereocenters. The van der Waals surface area contributed by atoms with Crippen LogP contribution in [-0.2, 0) is 26.2 Å². The molecule has 0 bridgehead atoms. The quantitative estimate of drug-likeness (QED) is 0.329. The summed E-state index contributed by atoms with van der Waals surface area (Å²) in [6, 6.07) is 0. The van der Waals surface area contributed by atoms with E-state index in [1.807, 2.05) is 13.8 Å². The second kappa shape index (κ2) is 23.2. The van der Waals surface area contributed by atoms with E-state index in [-0.39, 0.29) is 39.2 Å². The molecule has 0 saturated heterocycles. The van der Waals surface area contributed by atoms with E-state index in [0.29, 0.717) is 0 Å². The second-order valence-corrected chi connectivity index (χ2v) is 6.23. The fourth-order valence-electron chi connectivity index (χ4n) is 1.56. The molecule has 24 heavy (non-hydrogen) atoms. The van der Waals surface area contributed by atoms with Crippen molar-refractivity contribution in [1.82, 2.24) is 0 Å². The molecule has 0 aromatic heterocycles. The third-order valence-corrected chi connectivity index (χ3v) is 2.97. The van der Waals surface area contributed by atoms with Crippen molar-refractivity contribution in [1.29, 1.82) is 0 Å². The molecule has 0 heterocycles. The van der Waals surface area contributed by atoms with E-state index in [4.69, 9.17) is 0 Å². The maximum atomic E-state index is 4.59. The van der Waals surface area contributed by atoms with Crippen molar-refractivity contribution in [3.63, 3.8) is 0 Å². The van der Waals surface area contributed by atoms with Crippen molar-refractivity contribution in [2.24, 2.45) is 0 Å². The van der Waals surface area contributed by atoms with Crippen LogP contribution in [0.4, 0.5) is 0 Å². The molecule has 1 rings (SSSR count). The van der Waals surface area contributed by atoms with E-state index in [2.05, 4.69) is 54.9 Å². The van der Waals surface area contributed by atoms with E-state index in [0.717, 1.165) is 19.6 Å². The number of hydrogen-bond acceptors (Lipinski definition) is 0. The maximum absolute atomic E-state index is 4.59. The zero-order chi connectivity index (χ0) is 17.3. The summed E-state index contributed by atoms with van der Waals surface area (Å²) in [6.45, 7) is 13.4. The van der Waals surface area contributed by atoms with Gasteiger partial charge in [-0.2, -0.15) is 27.2 Å². The first-order chi connectivity index (χ1) is 10.4. The van der Waals surface area contributed by atoms with Crippen LogP contribution in [0.3, 0.4) is 0 Å². The van der Waals surface area contributed by atoms with Gasteiger partial charge in [-0.15, -0.1) is 12.1 Å². The van der Waals surface area contributed by atoms with Crippen LogP contribution in [0.2, 0.25) is 0 Å². The van der Waals surface area contributed by atoms with Gasteiger partial charge in [-0.05, 0) is 12.8 Å². The minimum Gasteiger partial charge on any atom is -0.665 e. The molecule has 0 aromatic carbocycles. The molecule has 140 valence electrons. The van der Waals surface area contributed by atoms with E-state index >= 15 is 0 Å². The molecule has 0 aliphatic heterocycles. The minimum atomic E-state index is 0. The summed E-state index contributed by atoms with van der Waals surface area (Å²) in [5.74, 6) is 0. The van der Waals surface area contributed by atoms with Crippen molar-refractivity contribution in [2.45, 2.75) is 65.8 Å². The van der Waals surface area contributed by atoms with E-state index < -0.39 is 0 Å². The molecule has 0 fully saturated rings. The summed E-state index contributed by atoms with van der Waals surface area (Å²) in [5.41, 5.74) is 1.73. The molecule has 1 aliphatic carbocycles. The van der Waals surface area contributed by atoms with Crippen LogP contribution < -0.4 is 0 Å². The van der Waals surface area contributed by atoms with Crippen molar-refractivity contribution in [3.8, 4) is 0 Å². The zero-order valence-electron chi connectivity index (χ0n) is 17.5. The van der Waals surface area contributed by atoms with Crippen LogP contribution in [0, 0.1) is 7.43 Å². The fraction of sp³-hybridized carbons (Fsp3) is 0.750. The summed E-state index contributed by atoms with van der Waals surface area (Å²) in [6.07, 6.45) is 11.6. The SMILES string of the molecule is CC(C)(C)[N-]CCCCC1=CC=CC1.CC[N-]C.CC[N-]C.[CH3-].[Zr+4]. The van der Waals surface area contributed by atoms with Crippen molar-refractivity contribution in [2.75, 3.05) is 33.7 Å². The molecular formula is C20H41N3Zr. The van der Waals surface area contributed by atoms with Crippen LogP contribution in [0.15, 0.2) is 23.8 Å². The average molecular weight is 415 g/mol. The Labute approximate surface area is 172 Å². The van der Waals surface area contributed by atoms with E-state index in [9.17, 15) is 0 Å². The van der Waals surface area contributed by atoms with Gasteiger partial charge in [-0.3, -0.25) is 0 Å². The number of hydrogen-bond donors (Lipinski definition) is 0. The monoisotopic (exact) mass is 413 g/mol. The molecule has 0 aromatic rings. The summed E-state index contributed by atoms with van der Waals surface area (Å²) in [4.78, 5) is 0. The molecule has 0 saturated carbocycles. The summed E-state index contributed by atoms with van der Waals surface area (Å²) in [5, 5.41) is 12.1. The van der Waals surface area contributed by atoms with Gasteiger partial charge in [-0.25, -0.2) is 0 Å². The second-order valence-electron chi connectivity index (χ2n) is 6.23. The average Bonchev–Trinajstić information content (AvgIpc) is 2.99. The smallest absolute Gasteiger partial charge is 0.665 e. The molecule has 3 nitrogen and oxygen atoms in total. The first kappa shape index (κ1) is 32.0. The Kier molecular flexibility index (Phi) is 31.0. The van der Waals surface area contributed by atoms with Crippen LogP contribution in [-0.4, -0.2) is 39.3 Å². The van der Waals surface area contributed by atoms with E-state index in [1.54, 1.807) is 19.7 Å². The van der Waals surface area contributed by atoms with Gasteiger partial charge in [0, 0.05) is 0 Å². The van der Waals surface area contributed by atoms with Gasteiger partial charge >= 0.3 is 26.2 Å². The summed E-state index contributed by atoms with van der Waals surface area (Å²) < 4.78 is 0. The zero-order valence-corrected chi connectivity index (χ0v) is 20.0. The molecule has 0 spiro atoms.